The van der Waals surface area contributed by atoms with Crippen molar-refractivity contribution >= 4 is 0 Å². The standard InChI is InChI=1S/C9H18N2O/c1-8-6-9(8,10)7-11-2-4-12-5-3-11/h8H,2-7,10H2,1H3. The van der Waals surface area contributed by atoms with E-state index in [4.69, 9.17) is 10.5 Å². The summed E-state index contributed by atoms with van der Waals surface area (Å²) in [5.74, 6) is 0.723. The van der Waals surface area contributed by atoms with Crippen LogP contribution in [0, 0.1) is 5.92 Å². The van der Waals surface area contributed by atoms with Crippen LogP contribution in [0.5, 0.6) is 0 Å². The number of nitrogens with zero attached hydrogens (tertiary/aromatic N) is 1. The minimum Gasteiger partial charge on any atom is -0.379 e. The second kappa shape index (κ2) is 2.98. The molecule has 2 unspecified atom stereocenters. The van der Waals surface area contributed by atoms with Gasteiger partial charge in [-0.2, -0.15) is 0 Å². The molecule has 2 N–H and O–H groups in total. The zero-order valence-electron chi connectivity index (χ0n) is 7.75. The molecule has 1 saturated carbocycles. The highest BCUT2D eigenvalue weighted by molar-refractivity contribution is 5.07. The van der Waals surface area contributed by atoms with E-state index >= 15 is 0 Å². The summed E-state index contributed by atoms with van der Waals surface area (Å²) < 4.78 is 5.28. The van der Waals surface area contributed by atoms with Crippen molar-refractivity contribution in [3.05, 3.63) is 0 Å². The first-order chi connectivity index (χ1) is 5.71. The number of morpholine rings is 1. The lowest BCUT2D eigenvalue weighted by Gasteiger charge is -2.29. The van der Waals surface area contributed by atoms with Gasteiger partial charge in [0, 0.05) is 25.2 Å². The smallest absolute Gasteiger partial charge is 0.0594 e. The molecule has 12 heavy (non-hydrogen) atoms. The van der Waals surface area contributed by atoms with E-state index in [0.29, 0.717) is 0 Å². The van der Waals surface area contributed by atoms with Crippen molar-refractivity contribution in [3.8, 4) is 0 Å². The van der Waals surface area contributed by atoms with Gasteiger partial charge in [0.25, 0.3) is 0 Å². The first-order valence-corrected chi connectivity index (χ1v) is 4.80. The molecule has 0 aromatic heterocycles. The molecule has 3 nitrogen and oxygen atoms in total. The summed E-state index contributed by atoms with van der Waals surface area (Å²) in [5, 5.41) is 0. The van der Waals surface area contributed by atoms with Crippen molar-refractivity contribution in [1.82, 2.24) is 4.90 Å². The van der Waals surface area contributed by atoms with Crippen molar-refractivity contribution in [2.24, 2.45) is 11.7 Å². The van der Waals surface area contributed by atoms with Crippen molar-refractivity contribution < 1.29 is 4.74 Å². The molecule has 0 radical (unpaired) electrons. The van der Waals surface area contributed by atoms with E-state index in [0.717, 1.165) is 38.8 Å². The van der Waals surface area contributed by atoms with Crippen LogP contribution in [-0.4, -0.2) is 43.3 Å². The number of hydrogen-bond donors (Lipinski definition) is 1. The zero-order chi connectivity index (χ0) is 8.60. The van der Waals surface area contributed by atoms with Crippen LogP contribution in [0.3, 0.4) is 0 Å². The average molecular weight is 170 g/mol. The third-order valence-corrected chi connectivity index (χ3v) is 3.13. The van der Waals surface area contributed by atoms with Gasteiger partial charge in [-0.3, -0.25) is 4.90 Å². The Morgan fingerprint density at radius 3 is 2.58 bits per heavy atom. The number of nitrogens with two attached hydrogens (primary N) is 1. The van der Waals surface area contributed by atoms with Crippen LogP contribution in [0.25, 0.3) is 0 Å². The van der Waals surface area contributed by atoms with Crippen molar-refractivity contribution in [2.75, 3.05) is 32.8 Å². The van der Waals surface area contributed by atoms with Crippen LogP contribution in [0.15, 0.2) is 0 Å². The maximum atomic E-state index is 6.14. The summed E-state index contributed by atoms with van der Waals surface area (Å²) in [7, 11) is 0. The summed E-state index contributed by atoms with van der Waals surface area (Å²) in [5.41, 5.74) is 6.27. The first kappa shape index (κ1) is 8.48. The van der Waals surface area contributed by atoms with Crippen LogP contribution >= 0.6 is 0 Å². The van der Waals surface area contributed by atoms with Crippen molar-refractivity contribution in [1.29, 1.82) is 0 Å². The van der Waals surface area contributed by atoms with E-state index in [1.807, 2.05) is 0 Å². The van der Waals surface area contributed by atoms with Crippen LogP contribution in [0.4, 0.5) is 0 Å². The second-order valence-electron chi connectivity index (χ2n) is 4.23. The summed E-state index contributed by atoms with van der Waals surface area (Å²) in [4.78, 5) is 2.42. The lowest BCUT2D eigenvalue weighted by atomic mass is 10.2. The molecule has 2 atom stereocenters. The molecule has 0 bridgehead atoms. The Labute approximate surface area is 73.9 Å². The Morgan fingerprint density at radius 2 is 2.08 bits per heavy atom. The third kappa shape index (κ3) is 1.63. The summed E-state index contributed by atoms with van der Waals surface area (Å²) in [6.07, 6.45) is 1.20. The van der Waals surface area contributed by atoms with E-state index in [1.165, 1.54) is 6.42 Å². The maximum absolute atomic E-state index is 6.14. The van der Waals surface area contributed by atoms with Gasteiger partial charge in [-0.15, -0.1) is 0 Å². The molecule has 1 saturated heterocycles. The molecule has 0 amide bonds. The van der Waals surface area contributed by atoms with Gasteiger partial charge in [-0.1, -0.05) is 6.92 Å². The molecular weight excluding hydrogens is 152 g/mol. The van der Waals surface area contributed by atoms with Crippen molar-refractivity contribution in [2.45, 2.75) is 18.9 Å². The van der Waals surface area contributed by atoms with Gasteiger partial charge in [0.15, 0.2) is 0 Å². The Kier molecular flexibility index (Phi) is 2.10. The molecule has 2 aliphatic rings. The largest absolute Gasteiger partial charge is 0.379 e. The summed E-state index contributed by atoms with van der Waals surface area (Å²) in [6, 6.07) is 0. The summed E-state index contributed by atoms with van der Waals surface area (Å²) in [6.45, 7) is 7.18. The number of hydrogen-bond acceptors (Lipinski definition) is 3. The van der Waals surface area contributed by atoms with Gasteiger partial charge < -0.3 is 10.5 Å². The molecule has 1 heterocycles. The Bertz CT molecular complexity index is 168. The van der Waals surface area contributed by atoms with Crippen LogP contribution in [-0.2, 0) is 4.74 Å². The number of ether oxygens (including phenoxy) is 1. The predicted octanol–water partition coefficient (Wildman–Crippen LogP) is 0.0559. The van der Waals surface area contributed by atoms with Crippen molar-refractivity contribution in [3.63, 3.8) is 0 Å². The minimum absolute atomic E-state index is 0.136. The fourth-order valence-corrected chi connectivity index (χ4v) is 1.91. The average Bonchev–Trinajstić information content (AvgIpc) is 2.61. The molecule has 70 valence electrons. The van der Waals surface area contributed by atoms with Gasteiger partial charge in [-0.25, -0.2) is 0 Å². The molecule has 0 aromatic rings. The zero-order valence-corrected chi connectivity index (χ0v) is 7.75. The molecule has 1 aliphatic carbocycles. The van der Waals surface area contributed by atoms with E-state index in [-0.39, 0.29) is 5.54 Å². The Hall–Kier alpha value is -0.120. The maximum Gasteiger partial charge on any atom is 0.0594 e. The Morgan fingerprint density at radius 1 is 1.50 bits per heavy atom. The highest BCUT2D eigenvalue weighted by Gasteiger charge is 2.48. The minimum atomic E-state index is 0.136. The molecule has 0 spiro atoms. The monoisotopic (exact) mass is 170 g/mol. The van der Waals surface area contributed by atoms with E-state index in [9.17, 15) is 0 Å². The molecule has 1 aliphatic heterocycles. The lowest BCUT2D eigenvalue weighted by Crippen LogP contribution is -2.45. The van der Waals surface area contributed by atoms with Gasteiger partial charge in [0.05, 0.1) is 13.2 Å². The van der Waals surface area contributed by atoms with Crippen LogP contribution in [0.1, 0.15) is 13.3 Å². The van der Waals surface area contributed by atoms with E-state index in [2.05, 4.69) is 11.8 Å². The van der Waals surface area contributed by atoms with E-state index < -0.39 is 0 Å². The molecule has 2 fully saturated rings. The highest BCUT2D eigenvalue weighted by Crippen LogP contribution is 2.40. The topological polar surface area (TPSA) is 38.5 Å². The highest BCUT2D eigenvalue weighted by atomic mass is 16.5. The van der Waals surface area contributed by atoms with Crippen LogP contribution < -0.4 is 5.73 Å². The van der Waals surface area contributed by atoms with Gasteiger partial charge in [-0.05, 0) is 12.3 Å². The van der Waals surface area contributed by atoms with Gasteiger partial charge in [0.1, 0.15) is 0 Å². The molecular formula is C9H18N2O. The normalized spacial score (nSPS) is 43.0. The van der Waals surface area contributed by atoms with Gasteiger partial charge in [0.2, 0.25) is 0 Å². The van der Waals surface area contributed by atoms with Gasteiger partial charge >= 0.3 is 0 Å². The van der Waals surface area contributed by atoms with Crippen LogP contribution in [0.2, 0.25) is 0 Å². The summed E-state index contributed by atoms with van der Waals surface area (Å²) >= 11 is 0. The lowest BCUT2D eigenvalue weighted by molar-refractivity contribution is 0.0333. The Balaban J connectivity index is 1.78. The molecule has 3 heteroatoms. The quantitative estimate of drug-likeness (QED) is 0.636. The third-order valence-electron chi connectivity index (χ3n) is 3.13. The fourth-order valence-electron chi connectivity index (χ4n) is 1.91. The SMILES string of the molecule is CC1CC1(N)CN1CCOCC1. The van der Waals surface area contributed by atoms with E-state index in [1.54, 1.807) is 0 Å². The second-order valence-corrected chi connectivity index (χ2v) is 4.23. The first-order valence-electron chi connectivity index (χ1n) is 4.80. The molecule has 2 rings (SSSR count). The number of rotatable bonds is 2. The fraction of sp³-hybridized carbons (Fsp3) is 1.00. The predicted molar refractivity (Wildman–Crippen MR) is 48.0 cm³/mol. The molecule has 0 aromatic carbocycles.